The van der Waals surface area contributed by atoms with Gasteiger partial charge in [0.05, 0.1) is 12.2 Å². The van der Waals surface area contributed by atoms with E-state index in [1.54, 1.807) is 0 Å². The zero-order valence-electron chi connectivity index (χ0n) is 12.9. The molecule has 2 heteroatoms. The summed E-state index contributed by atoms with van der Waals surface area (Å²) < 4.78 is 0. The summed E-state index contributed by atoms with van der Waals surface area (Å²) in [7, 11) is 0. The normalized spacial score (nSPS) is 18.3. The first-order chi connectivity index (χ1) is 8.62. The smallest absolute Gasteiger partial charge is 0.0571 e. The van der Waals surface area contributed by atoms with Gasteiger partial charge in [0.25, 0.3) is 0 Å². The number of aliphatic hydroxyl groups is 2. The van der Waals surface area contributed by atoms with Crippen LogP contribution >= 0.6 is 0 Å². The van der Waals surface area contributed by atoms with Crippen LogP contribution in [0.25, 0.3) is 0 Å². The minimum absolute atomic E-state index is 0.240. The lowest BCUT2D eigenvalue weighted by Crippen LogP contribution is -2.34. The maximum Gasteiger partial charge on any atom is 0.0571 e. The van der Waals surface area contributed by atoms with Crippen LogP contribution in [0.1, 0.15) is 79.1 Å². The van der Waals surface area contributed by atoms with Crippen molar-refractivity contribution in [2.45, 2.75) is 91.3 Å². The van der Waals surface area contributed by atoms with Crippen molar-refractivity contribution in [3.63, 3.8) is 0 Å². The van der Waals surface area contributed by atoms with Gasteiger partial charge in [-0.15, -0.1) is 0 Å². The summed E-state index contributed by atoms with van der Waals surface area (Å²) >= 11 is 0. The van der Waals surface area contributed by atoms with Gasteiger partial charge in [-0.3, -0.25) is 0 Å². The lowest BCUT2D eigenvalue weighted by atomic mass is 9.77. The first-order valence-corrected chi connectivity index (χ1v) is 7.98. The second-order valence-electron chi connectivity index (χ2n) is 5.56. The first-order valence-electron chi connectivity index (χ1n) is 7.98. The standard InChI is InChI=1S/C16H34O2/c1-5-9-11-15(17)13(7-3)14(8-4)16(18)12-10-6-2/h13-18H,5-12H2,1-4H3. The highest BCUT2D eigenvalue weighted by Gasteiger charge is 2.30. The van der Waals surface area contributed by atoms with Crippen LogP contribution in [-0.4, -0.2) is 22.4 Å². The van der Waals surface area contributed by atoms with Gasteiger partial charge in [-0.2, -0.15) is 0 Å². The molecule has 0 spiro atoms. The van der Waals surface area contributed by atoms with Gasteiger partial charge in [0.1, 0.15) is 0 Å². The number of hydrogen-bond donors (Lipinski definition) is 2. The molecule has 0 amide bonds. The van der Waals surface area contributed by atoms with Crippen molar-refractivity contribution in [3.05, 3.63) is 0 Å². The number of unbranched alkanes of at least 4 members (excludes halogenated alkanes) is 2. The van der Waals surface area contributed by atoms with Gasteiger partial charge >= 0.3 is 0 Å². The van der Waals surface area contributed by atoms with E-state index in [0.717, 1.165) is 51.4 Å². The predicted octanol–water partition coefficient (Wildman–Crippen LogP) is 4.14. The summed E-state index contributed by atoms with van der Waals surface area (Å²) in [6, 6.07) is 0. The molecule has 4 unspecified atom stereocenters. The molecule has 0 aromatic rings. The maximum atomic E-state index is 10.3. The molecule has 0 saturated carbocycles. The fourth-order valence-corrected chi connectivity index (χ4v) is 2.98. The summed E-state index contributed by atoms with van der Waals surface area (Å²) in [5.74, 6) is 0.516. The number of hydrogen-bond acceptors (Lipinski definition) is 2. The van der Waals surface area contributed by atoms with E-state index in [2.05, 4.69) is 27.7 Å². The van der Waals surface area contributed by atoms with Crippen molar-refractivity contribution in [2.24, 2.45) is 11.8 Å². The molecule has 0 bridgehead atoms. The van der Waals surface area contributed by atoms with E-state index >= 15 is 0 Å². The van der Waals surface area contributed by atoms with Crippen LogP contribution in [0.15, 0.2) is 0 Å². The molecule has 0 aliphatic carbocycles. The molecule has 0 aliphatic rings. The van der Waals surface area contributed by atoms with E-state index in [4.69, 9.17) is 0 Å². The molecule has 0 fully saturated rings. The Labute approximate surface area is 114 Å². The molecule has 2 nitrogen and oxygen atoms in total. The van der Waals surface area contributed by atoms with Crippen LogP contribution in [0, 0.1) is 11.8 Å². The lowest BCUT2D eigenvalue weighted by Gasteiger charge is -2.33. The molecule has 110 valence electrons. The van der Waals surface area contributed by atoms with E-state index < -0.39 is 0 Å². The molecular formula is C16H34O2. The minimum atomic E-state index is -0.240. The molecule has 18 heavy (non-hydrogen) atoms. The van der Waals surface area contributed by atoms with Crippen molar-refractivity contribution in [1.29, 1.82) is 0 Å². The third-order valence-electron chi connectivity index (χ3n) is 4.19. The molecular weight excluding hydrogens is 224 g/mol. The van der Waals surface area contributed by atoms with Crippen LogP contribution in [0.3, 0.4) is 0 Å². The van der Waals surface area contributed by atoms with Gasteiger partial charge in [0, 0.05) is 0 Å². The monoisotopic (exact) mass is 258 g/mol. The van der Waals surface area contributed by atoms with Crippen LogP contribution in [0.2, 0.25) is 0 Å². The highest BCUT2D eigenvalue weighted by molar-refractivity contribution is 4.80. The molecule has 0 rings (SSSR count). The summed E-state index contributed by atoms with van der Waals surface area (Å²) in [5, 5.41) is 20.6. The van der Waals surface area contributed by atoms with Crippen LogP contribution < -0.4 is 0 Å². The van der Waals surface area contributed by atoms with Crippen LogP contribution in [0.5, 0.6) is 0 Å². The maximum absolute atomic E-state index is 10.3. The zero-order valence-corrected chi connectivity index (χ0v) is 12.9. The van der Waals surface area contributed by atoms with E-state index in [1.807, 2.05) is 0 Å². The Morgan fingerprint density at radius 3 is 1.22 bits per heavy atom. The van der Waals surface area contributed by atoms with Crippen molar-refractivity contribution in [1.82, 2.24) is 0 Å². The summed E-state index contributed by atoms with van der Waals surface area (Å²) in [4.78, 5) is 0. The molecule has 0 aromatic carbocycles. The van der Waals surface area contributed by atoms with Gasteiger partial charge in [0.15, 0.2) is 0 Å². The van der Waals surface area contributed by atoms with Crippen molar-refractivity contribution in [2.75, 3.05) is 0 Å². The Morgan fingerprint density at radius 2 is 1.00 bits per heavy atom. The second-order valence-corrected chi connectivity index (χ2v) is 5.56. The summed E-state index contributed by atoms with van der Waals surface area (Å²) in [6.07, 6.45) is 7.63. The molecule has 0 aromatic heterocycles. The van der Waals surface area contributed by atoms with Gasteiger partial charge < -0.3 is 10.2 Å². The third-order valence-corrected chi connectivity index (χ3v) is 4.19. The quantitative estimate of drug-likeness (QED) is 0.584. The predicted molar refractivity (Wildman–Crippen MR) is 78.6 cm³/mol. The van der Waals surface area contributed by atoms with Crippen LogP contribution in [-0.2, 0) is 0 Å². The second kappa shape index (κ2) is 10.8. The SMILES string of the molecule is CCCCC(O)C(CC)C(CC)C(O)CCCC. The topological polar surface area (TPSA) is 40.5 Å². The summed E-state index contributed by atoms with van der Waals surface area (Å²) in [5.41, 5.74) is 0. The number of aliphatic hydroxyl groups excluding tert-OH is 2. The Hall–Kier alpha value is -0.0800. The van der Waals surface area contributed by atoms with E-state index in [9.17, 15) is 10.2 Å². The van der Waals surface area contributed by atoms with Crippen molar-refractivity contribution >= 4 is 0 Å². The third kappa shape index (κ3) is 6.19. The molecule has 0 heterocycles. The highest BCUT2D eigenvalue weighted by Crippen LogP contribution is 2.30. The Kier molecular flexibility index (Phi) is 10.8. The molecule has 0 aliphatic heterocycles. The van der Waals surface area contributed by atoms with Crippen molar-refractivity contribution < 1.29 is 10.2 Å². The molecule has 4 atom stereocenters. The van der Waals surface area contributed by atoms with Gasteiger partial charge in [0.2, 0.25) is 0 Å². The van der Waals surface area contributed by atoms with Crippen molar-refractivity contribution in [3.8, 4) is 0 Å². The molecule has 0 radical (unpaired) electrons. The van der Waals surface area contributed by atoms with Crippen LogP contribution in [0.4, 0.5) is 0 Å². The van der Waals surface area contributed by atoms with E-state index in [1.165, 1.54) is 0 Å². The minimum Gasteiger partial charge on any atom is -0.393 e. The molecule has 0 saturated heterocycles. The average Bonchev–Trinajstić information content (AvgIpc) is 2.39. The molecule has 2 N–H and O–H groups in total. The first kappa shape index (κ1) is 17.9. The summed E-state index contributed by atoms with van der Waals surface area (Å²) in [6.45, 7) is 8.58. The van der Waals surface area contributed by atoms with Gasteiger partial charge in [-0.05, 0) is 24.7 Å². The lowest BCUT2D eigenvalue weighted by molar-refractivity contribution is -0.00501. The van der Waals surface area contributed by atoms with Gasteiger partial charge in [-0.25, -0.2) is 0 Å². The number of rotatable bonds is 11. The highest BCUT2D eigenvalue weighted by atomic mass is 16.3. The fraction of sp³-hybridized carbons (Fsp3) is 1.00. The Bertz CT molecular complexity index is 162. The Balaban J connectivity index is 4.44. The largest absolute Gasteiger partial charge is 0.393 e. The average molecular weight is 258 g/mol. The van der Waals surface area contributed by atoms with E-state index in [-0.39, 0.29) is 24.0 Å². The van der Waals surface area contributed by atoms with E-state index in [0.29, 0.717) is 0 Å². The Morgan fingerprint density at radius 1 is 0.667 bits per heavy atom. The van der Waals surface area contributed by atoms with Gasteiger partial charge in [-0.1, -0.05) is 66.2 Å². The fourth-order valence-electron chi connectivity index (χ4n) is 2.98. The zero-order chi connectivity index (χ0) is 14.0.